The number of hydrogen-bond acceptors (Lipinski definition) is 1. The number of rotatable bonds is 2. The molecule has 104 valence electrons. The summed E-state index contributed by atoms with van der Waals surface area (Å²) in [5.41, 5.74) is 0.837. The normalized spacial score (nSPS) is 11.4. The lowest BCUT2D eigenvalue weighted by molar-refractivity contribution is -0.137. The monoisotopic (exact) mass is 280 g/mol. The fourth-order valence-electron chi connectivity index (χ4n) is 1.93. The van der Waals surface area contributed by atoms with Crippen molar-refractivity contribution in [2.45, 2.75) is 13.1 Å². The largest absolute Gasteiger partial charge is 0.478 e. The highest BCUT2D eigenvalue weighted by Crippen LogP contribution is 2.33. The third kappa shape index (κ3) is 2.82. The molecule has 2 nitrogen and oxygen atoms in total. The average Bonchev–Trinajstić information content (AvgIpc) is 2.38. The van der Waals surface area contributed by atoms with Crippen molar-refractivity contribution in [1.82, 2.24) is 0 Å². The lowest BCUT2D eigenvalue weighted by Gasteiger charge is -2.11. The molecule has 0 radical (unpaired) electrons. The quantitative estimate of drug-likeness (QED) is 0.886. The molecule has 0 saturated carbocycles. The maximum atomic E-state index is 12.7. The van der Waals surface area contributed by atoms with E-state index < -0.39 is 17.7 Å². The summed E-state index contributed by atoms with van der Waals surface area (Å²) in [5.74, 6) is -1.11. The highest BCUT2D eigenvalue weighted by molar-refractivity contribution is 5.90. The zero-order chi connectivity index (χ0) is 14.9. The van der Waals surface area contributed by atoms with Crippen molar-refractivity contribution in [1.29, 1.82) is 0 Å². The van der Waals surface area contributed by atoms with Crippen LogP contribution in [-0.4, -0.2) is 11.1 Å². The maximum absolute atomic E-state index is 12.7. The molecule has 0 spiro atoms. The summed E-state index contributed by atoms with van der Waals surface area (Å²) in [4.78, 5) is 10.9. The predicted octanol–water partition coefficient (Wildman–Crippen LogP) is 4.38. The summed E-state index contributed by atoms with van der Waals surface area (Å²) in [6.45, 7) is 1.72. The molecule has 0 amide bonds. The minimum atomic E-state index is -4.42. The number of carboxylic acids is 1. The first-order valence-corrected chi connectivity index (χ1v) is 5.80. The molecule has 0 atom stereocenters. The van der Waals surface area contributed by atoms with Gasteiger partial charge in [0.25, 0.3) is 0 Å². The van der Waals surface area contributed by atoms with Crippen molar-refractivity contribution in [2.75, 3.05) is 0 Å². The number of carboxylic acid groups (broad SMARTS) is 1. The van der Waals surface area contributed by atoms with Crippen molar-refractivity contribution in [3.05, 3.63) is 59.2 Å². The summed E-state index contributed by atoms with van der Waals surface area (Å²) in [6, 6.07) is 9.24. The Bertz CT molecular complexity index is 660. The van der Waals surface area contributed by atoms with Gasteiger partial charge in [0, 0.05) is 0 Å². The molecule has 0 heterocycles. The Morgan fingerprint density at radius 2 is 1.80 bits per heavy atom. The number of halogens is 3. The minimum Gasteiger partial charge on any atom is -0.478 e. The van der Waals surface area contributed by atoms with Gasteiger partial charge in [0.2, 0.25) is 0 Å². The van der Waals surface area contributed by atoms with Gasteiger partial charge in [-0.15, -0.1) is 0 Å². The summed E-state index contributed by atoms with van der Waals surface area (Å²) < 4.78 is 38.1. The van der Waals surface area contributed by atoms with E-state index in [1.54, 1.807) is 13.0 Å². The molecule has 2 aromatic rings. The maximum Gasteiger partial charge on any atom is 0.416 e. The van der Waals surface area contributed by atoms with Gasteiger partial charge in [-0.2, -0.15) is 13.2 Å². The van der Waals surface area contributed by atoms with Gasteiger partial charge in [-0.1, -0.05) is 18.2 Å². The third-order valence-corrected chi connectivity index (χ3v) is 2.99. The lowest BCUT2D eigenvalue weighted by atomic mass is 9.96. The predicted molar refractivity (Wildman–Crippen MR) is 68.6 cm³/mol. The van der Waals surface area contributed by atoms with E-state index in [2.05, 4.69) is 0 Å². The van der Waals surface area contributed by atoms with Gasteiger partial charge in [0.05, 0.1) is 11.1 Å². The Balaban J connectivity index is 2.57. The summed E-state index contributed by atoms with van der Waals surface area (Å²) >= 11 is 0. The van der Waals surface area contributed by atoms with Crippen LogP contribution in [-0.2, 0) is 6.18 Å². The van der Waals surface area contributed by atoms with Crippen molar-refractivity contribution < 1.29 is 23.1 Å². The summed E-state index contributed by atoms with van der Waals surface area (Å²) in [7, 11) is 0. The molecule has 2 aromatic carbocycles. The molecule has 0 aliphatic carbocycles. The fraction of sp³-hybridized carbons (Fsp3) is 0.133. The van der Waals surface area contributed by atoms with Gasteiger partial charge in [-0.05, 0) is 47.9 Å². The number of carbonyl (C=O) groups is 1. The Hall–Kier alpha value is -2.30. The topological polar surface area (TPSA) is 37.3 Å². The minimum absolute atomic E-state index is 0.0445. The molecule has 20 heavy (non-hydrogen) atoms. The van der Waals surface area contributed by atoms with Crippen LogP contribution in [0.5, 0.6) is 0 Å². The van der Waals surface area contributed by atoms with Crippen molar-refractivity contribution >= 4 is 5.97 Å². The van der Waals surface area contributed by atoms with Crippen LogP contribution < -0.4 is 0 Å². The third-order valence-electron chi connectivity index (χ3n) is 2.99. The molecular weight excluding hydrogens is 269 g/mol. The molecule has 0 saturated heterocycles. The van der Waals surface area contributed by atoms with Crippen molar-refractivity contribution in [3.63, 3.8) is 0 Å². The zero-order valence-corrected chi connectivity index (χ0v) is 10.5. The van der Waals surface area contributed by atoms with Crippen LogP contribution in [0.25, 0.3) is 11.1 Å². The van der Waals surface area contributed by atoms with Gasteiger partial charge in [-0.3, -0.25) is 0 Å². The van der Waals surface area contributed by atoms with E-state index >= 15 is 0 Å². The van der Waals surface area contributed by atoms with E-state index in [0.29, 0.717) is 16.7 Å². The number of alkyl halides is 3. The molecule has 1 N–H and O–H groups in total. The first kappa shape index (κ1) is 14.1. The average molecular weight is 280 g/mol. The number of aromatic carboxylic acids is 1. The van der Waals surface area contributed by atoms with Crippen molar-refractivity contribution in [2.24, 2.45) is 0 Å². The van der Waals surface area contributed by atoms with Gasteiger partial charge in [0.15, 0.2) is 0 Å². The SMILES string of the molecule is Cc1ccc(C(=O)O)cc1-c1cccc(C(F)(F)F)c1. The molecule has 0 aliphatic heterocycles. The smallest absolute Gasteiger partial charge is 0.416 e. The molecule has 0 fully saturated rings. The van der Waals surface area contributed by atoms with E-state index in [0.717, 1.165) is 12.1 Å². The van der Waals surface area contributed by atoms with Crippen LogP contribution in [0, 0.1) is 6.92 Å². The van der Waals surface area contributed by atoms with E-state index in [1.165, 1.54) is 24.3 Å². The molecule has 0 aliphatic rings. The van der Waals surface area contributed by atoms with Crippen LogP contribution >= 0.6 is 0 Å². The van der Waals surface area contributed by atoms with E-state index in [-0.39, 0.29) is 5.56 Å². The van der Waals surface area contributed by atoms with E-state index in [1.807, 2.05) is 0 Å². The Labute approximate surface area is 113 Å². The summed E-state index contributed by atoms with van der Waals surface area (Å²) in [6.07, 6.45) is -4.42. The van der Waals surface area contributed by atoms with Crippen LogP contribution in [0.3, 0.4) is 0 Å². The van der Waals surface area contributed by atoms with E-state index in [4.69, 9.17) is 5.11 Å². The van der Waals surface area contributed by atoms with Crippen molar-refractivity contribution in [3.8, 4) is 11.1 Å². The van der Waals surface area contributed by atoms with Crippen LogP contribution in [0.4, 0.5) is 13.2 Å². The first-order chi connectivity index (χ1) is 9.29. The second-order valence-corrected chi connectivity index (χ2v) is 4.41. The Morgan fingerprint density at radius 1 is 1.10 bits per heavy atom. The molecule has 2 rings (SSSR count). The molecule has 5 heteroatoms. The Kier molecular flexibility index (Phi) is 3.53. The van der Waals surface area contributed by atoms with Gasteiger partial charge < -0.3 is 5.11 Å². The number of benzene rings is 2. The second kappa shape index (κ2) is 5.00. The highest BCUT2D eigenvalue weighted by Gasteiger charge is 2.30. The summed E-state index contributed by atoms with van der Waals surface area (Å²) in [5, 5.41) is 8.95. The molecule has 0 aromatic heterocycles. The van der Waals surface area contributed by atoms with Crippen LogP contribution in [0.1, 0.15) is 21.5 Å². The standard InChI is InChI=1S/C15H11F3O2/c1-9-5-6-11(14(19)20)8-13(9)10-3-2-4-12(7-10)15(16,17)18/h2-8H,1H3,(H,19,20). The van der Waals surface area contributed by atoms with E-state index in [9.17, 15) is 18.0 Å². The molecule has 0 bridgehead atoms. The van der Waals surface area contributed by atoms with Crippen LogP contribution in [0.15, 0.2) is 42.5 Å². The van der Waals surface area contributed by atoms with Gasteiger partial charge in [-0.25, -0.2) is 4.79 Å². The second-order valence-electron chi connectivity index (χ2n) is 4.41. The van der Waals surface area contributed by atoms with Crippen LogP contribution in [0.2, 0.25) is 0 Å². The first-order valence-electron chi connectivity index (χ1n) is 5.80. The van der Waals surface area contributed by atoms with Gasteiger partial charge >= 0.3 is 12.1 Å². The molecular formula is C15H11F3O2. The highest BCUT2D eigenvalue weighted by atomic mass is 19.4. The lowest BCUT2D eigenvalue weighted by Crippen LogP contribution is -2.04. The molecule has 0 unspecified atom stereocenters. The zero-order valence-electron chi connectivity index (χ0n) is 10.5. The number of aryl methyl sites for hydroxylation is 1. The van der Waals surface area contributed by atoms with Gasteiger partial charge in [0.1, 0.15) is 0 Å². The number of hydrogen-bond donors (Lipinski definition) is 1. The fourth-order valence-corrected chi connectivity index (χ4v) is 1.93. The Morgan fingerprint density at radius 3 is 2.40 bits per heavy atom.